The van der Waals surface area contributed by atoms with Gasteiger partial charge in [0.2, 0.25) is 0 Å². The number of hydrogen-bond donors (Lipinski definition) is 2. The summed E-state index contributed by atoms with van der Waals surface area (Å²) in [5, 5.41) is 0. The van der Waals surface area contributed by atoms with Crippen molar-refractivity contribution in [2.45, 2.75) is 77.6 Å². The number of aromatic nitrogens is 4. The Morgan fingerprint density at radius 3 is 1.20 bits per heavy atom. The minimum Gasteiger partial charge on any atom is -0.469 e. The highest BCUT2D eigenvalue weighted by atomic mass is 16.5. The average Bonchev–Trinajstić information content (AvgIpc) is 3.98. The van der Waals surface area contributed by atoms with Gasteiger partial charge in [-0.2, -0.15) is 0 Å². The number of fused-ring (bicyclic) bond motifs is 8. The van der Waals surface area contributed by atoms with Crippen molar-refractivity contribution in [1.82, 2.24) is 19.9 Å². The summed E-state index contributed by atoms with van der Waals surface area (Å²) in [6.07, 6.45) is -0.327. The molecule has 64 heavy (non-hydrogen) atoms. The summed E-state index contributed by atoms with van der Waals surface area (Å²) in [4.78, 5) is 107. The number of esters is 7. The molecule has 3 aromatic heterocycles. The number of methoxy groups -OCH3 is 7. The molecule has 5 heterocycles. The molecule has 0 saturated heterocycles. The molecule has 18 heteroatoms. The van der Waals surface area contributed by atoms with E-state index in [1.54, 1.807) is 24.3 Å². The van der Waals surface area contributed by atoms with Gasteiger partial charge in [-0.1, -0.05) is 0 Å². The summed E-state index contributed by atoms with van der Waals surface area (Å²) in [5.74, 6) is -3.68. The number of carbonyl (C=O) groups is 7. The second-order valence-corrected chi connectivity index (χ2v) is 14.8. The number of rotatable bonds is 18. The Morgan fingerprint density at radius 2 is 0.734 bits per heavy atom. The fourth-order valence-electron chi connectivity index (χ4n) is 7.72. The van der Waals surface area contributed by atoms with E-state index in [-0.39, 0.29) is 70.6 Å². The predicted molar refractivity (Wildman–Crippen MR) is 232 cm³/mol. The number of carbonyl (C=O) groups excluding carboxylic acids is 7. The first-order valence-corrected chi connectivity index (χ1v) is 20.4. The van der Waals surface area contributed by atoms with Gasteiger partial charge in [0.25, 0.3) is 0 Å². The highest BCUT2D eigenvalue weighted by Crippen LogP contribution is 2.40. The lowest BCUT2D eigenvalue weighted by atomic mass is 9.96. The van der Waals surface area contributed by atoms with E-state index in [0.29, 0.717) is 89.4 Å². The van der Waals surface area contributed by atoms with Crippen LogP contribution in [0.5, 0.6) is 0 Å². The van der Waals surface area contributed by atoms with Gasteiger partial charge in [-0.3, -0.25) is 33.6 Å². The third-order valence-electron chi connectivity index (χ3n) is 11.2. The Labute approximate surface area is 368 Å². The van der Waals surface area contributed by atoms with Crippen molar-refractivity contribution < 1.29 is 66.7 Å². The Morgan fingerprint density at radius 1 is 0.391 bits per heavy atom. The maximum absolute atomic E-state index is 13.2. The molecule has 0 spiro atoms. The van der Waals surface area contributed by atoms with E-state index >= 15 is 0 Å². The van der Waals surface area contributed by atoms with Crippen LogP contribution in [0.3, 0.4) is 0 Å². The summed E-state index contributed by atoms with van der Waals surface area (Å²) >= 11 is 0. The Bertz CT molecular complexity index is 2600. The quantitative estimate of drug-likeness (QED) is 0.122. The van der Waals surface area contributed by atoms with Crippen molar-refractivity contribution in [3.63, 3.8) is 0 Å². The molecule has 8 bridgehead atoms. The number of nitrogens with zero attached hydrogens (tertiary/aromatic N) is 2. The number of ether oxygens (including phenoxy) is 7. The van der Waals surface area contributed by atoms with E-state index in [4.69, 9.17) is 43.1 Å². The zero-order chi connectivity index (χ0) is 46.7. The largest absolute Gasteiger partial charge is 0.469 e. The minimum atomic E-state index is -0.587. The Kier molecular flexibility index (Phi) is 16.3. The zero-order valence-electron chi connectivity index (χ0n) is 37.2. The molecule has 3 aromatic rings. The molecular weight excluding hydrogens is 833 g/mol. The third kappa shape index (κ3) is 11.3. The Hall–Kier alpha value is -7.11. The van der Waals surface area contributed by atoms with Gasteiger partial charge in [0.05, 0.1) is 91.8 Å². The van der Waals surface area contributed by atoms with E-state index in [1.165, 1.54) is 49.8 Å². The van der Waals surface area contributed by atoms with E-state index < -0.39 is 41.8 Å². The topological polar surface area (TPSA) is 241 Å². The van der Waals surface area contributed by atoms with Gasteiger partial charge in [0.15, 0.2) is 0 Å². The van der Waals surface area contributed by atoms with Crippen molar-refractivity contribution >= 4 is 86.1 Å². The SMILES string of the molecule is COC(=O)CCC1=C(C)c2cc3nc(cc4[nH]c(cc5[nH]c(cc1n2)c(CC(=O)OC)c5CCC(=O)OC)c(CC(=O)OC)c4CCC(=O)OC)C(CC(=O)OC)=C3CCC(=O)OC. The van der Waals surface area contributed by atoms with Crippen LogP contribution in [-0.4, -0.2) is 111 Å². The first kappa shape index (κ1) is 47.9. The molecule has 0 fully saturated rings. The second-order valence-electron chi connectivity index (χ2n) is 14.8. The molecule has 0 unspecified atom stereocenters. The number of allylic oxidation sites excluding steroid dienone is 3. The van der Waals surface area contributed by atoms with Crippen molar-refractivity contribution in [1.29, 1.82) is 0 Å². The molecule has 2 aliphatic heterocycles. The molecule has 2 N–H and O–H groups in total. The van der Waals surface area contributed by atoms with Crippen LogP contribution in [0.1, 0.15) is 96.9 Å². The van der Waals surface area contributed by atoms with Gasteiger partial charge in [-0.05, 0) is 101 Å². The summed E-state index contributed by atoms with van der Waals surface area (Å²) in [5.41, 5.74) is 7.79. The van der Waals surface area contributed by atoms with Crippen LogP contribution in [0, 0.1) is 0 Å². The number of H-pyrrole nitrogens is 2. The number of aromatic amines is 2. The van der Waals surface area contributed by atoms with Crippen LogP contribution < -0.4 is 0 Å². The lowest BCUT2D eigenvalue weighted by molar-refractivity contribution is -0.141. The minimum absolute atomic E-state index is 0.0179. The monoisotopic (exact) mass is 884 g/mol. The molecule has 0 atom stereocenters. The molecule has 0 aromatic carbocycles. The van der Waals surface area contributed by atoms with Crippen LogP contribution in [0.2, 0.25) is 0 Å². The maximum Gasteiger partial charge on any atom is 0.310 e. The number of hydrogen-bond acceptors (Lipinski definition) is 16. The van der Waals surface area contributed by atoms with Crippen molar-refractivity contribution in [2.75, 3.05) is 49.8 Å². The normalized spacial score (nSPS) is 12.1. The Balaban J connectivity index is 2.05. The average molecular weight is 885 g/mol. The number of aryl methyl sites for hydroxylation is 2. The van der Waals surface area contributed by atoms with Gasteiger partial charge in [-0.15, -0.1) is 0 Å². The molecular formula is C46H52N4O14. The van der Waals surface area contributed by atoms with Crippen LogP contribution in [0.15, 0.2) is 24.3 Å². The van der Waals surface area contributed by atoms with E-state index in [1.807, 2.05) is 6.92 Å². The molecule has 0 saturated carbocycles. The van der Waals surface area contributed by atoms with Gasteiger partial charge < -0.3 is 43.1 Å². The highest BCUT2D eigenvalue weighted by Gasteiger charge is 2.27. The first-order valence-electron chi connectivity index (χ1n) is 20.4. The fourth-order valence-corrected chi connectivity index (χ4v) is 7.72. The van der Waals surface area contributed by atoms with E-state index in [0.717, 1.165) is 0 Å². The molecule has 18 nitrogen and oxygen atoms in total. The first-order chi connectivity index (χ1) is 30.7. The van der Waals surface area contributed by atoms with Gasteiger partial charge >= 0.3 is 41.8 Å². The fraction of sp³-hybridized carbons (Fsp3) is 0.413. The van der Waals surface area contributed by atoms with Gasteiger partial charge in [-0.25, -0.2) is 9.97 Å². The van der Waals surface area contributed by atoms with Crippen molar-refractivity contribution in [2.24, 2.45) is 0 Å². The molecule has 0 amide bonds. The smallest absolute Gasteiger partial charge is 0.310 e. The lowest BCUT2D eigenvalue weighted by Gasteiger charge is -2.08. The molecule has 5 rings (SSSR count). The summed E-state index contributed by atoms with van der Waals surface area (Å²) in [7, 11) is 8.89. The predicted octanol–water partition coefficient (Wildman–Crippen LogP) is 5.27. The zero-order valence-corrected chi connectivity index (χ0v) is 37.2. The van der Waals surface area contributed by atoms with Crippen LogP contribution in [0.25, 0.3) is 44.4 Å². The standard InChI is InChI=1S/C46H52N4O14/c1-24-25(9-13-40(51)58-2)33-21-37-30(18-45(56)63-7)27(11-15-42(53)60-4)35(49-37)23-39-31(19-46(57)64-8)28(12-16-43(54)61-5)36(50-39)22-38-29(17-44(55)62-6)26(10-14-41(52)59-3)34(48-38)20-32(24)47-33/h20-23,49-50H,9-19H2,1-8H3. The summed E-state index contributed by atoms with van der Waals surface area (Å²) < 4.78 is 35.3. The van der Waals surface area contributed by atoms with Crippen LogP contribution in [0.4, 0.5) is 0 Å². The molecule has 340 valence electrons. The summed E-state index contributed by atoms with van der Waals surface area (Å²) in [6, 6.07) is 6.91. The molecule has 2 aliphatic rings. The number of nitrogens with one attached hydrogen (secondary N) is 2. The van der Waals surface area contributed by atoms with E-state index in [2.05, 4.69) is 9.97 Å². The lowest BCUT2D eigenvalue weighted by Crippen LogP contribution is -2.08. The highest BCUT2D eigenvalue weighted by molar-refractivity contribution is 6.01. The molecule has 0 aliphatic carbocycles. The summed E-state index contributed by atoms with van der Waals surface area (Å²) in [6.45, 7) is 1.85. The van der Waals surface area contributed by atoms with Crippen molar-refractivity contribution in [3.05, 3.63) is 69.3 Å². The van der Waals surface area contributed by atoms with Crippen LogP contribution in [-0.2, 0) is 92.4 Å². The van der Waals surface area contributed by atoms with Gasteiger partial charge in [0.1, 0.15) is 0 Å². The third-order valence-corrected chi connectivity index (χ3v) is 11.2. The second kappa shape index (κ2) is 21.8. The maximum atomic E-state index is 13.2. The molecule has 0 radical (unpaired) electrons. The van der Waals surface area contributed by atoms with E-state index in [9.17, 15) is 33.6 Å². The van der Waals surface area contributed by atoms with Gasteiger partial charge in [0, 0.05) is 47.8 Å². The van der Waals surface area contributed by atoms with Crippen molar-refractivity contribution in [3.8, 4) is 0 Å². The van der Waals surface area contributed by atoms with Crippen LogP contribution >= 0.6 is 0 Å².